The van der Waals surface area contributed by atoms with Crippen molar-refractivity contribution in [3.63, 3.8) is 0 Å². The number of benzene rings is 1. The fourth-order valence-corrected chi connectivity index (χ4v) is 3.99. The maximum atomic E-state index is 13.3. The lowest BCUT2D eigenvalue weighted by Crippen LogP contribution is -2.35. The molecular formula is C24H30ClF3N2O2. The first-order chi connectivity index (χ1) is 14.9. The van der Waals surface area contributed by atoms with E-state index in [-0.39, 0.29) is 5.92 Å². The molecule has 2 fully saturated rings. The lowest BCUT2D eigenvalue weighted by molar-refractivity contribution is -0.164. The minimum Gasteiger partial charge on any atom is -0.363 e. The highest BCUT2D eigenvalue weighted by Crippen LogP contribution is 2.42. The molecule has 4 nitrogen and oxygen atoms in total. The second-order valence-electron chi connectivity index (χ2n) is 8.80. The molecule has 1 unspecified atom stereocenters. The van der Waals surface area contributed by atoms with Crippen LogP contribution in [-0.2, 0) is 15.7 Å². The lowest BCUT2D eigenvalue weighted by Gasteiger charge is -2.35. The first-order valence-electron chi connectivity index (χ1n) is 10.8. The van der Waals surface area contributed by atoms with Crippen molar-refractivity contribution in [2.45, 2.75) is 65.0 Å². The lowest BCUT2D eigenvalue weighted by atomic mass is 9.85. The van der Waals surface area contributed by atoms with Crippen molar-refractivity contribution in [1.82, 2.24) is 5.32 Å². The van der Waals surface area contributed by atoms with Crippen molar-refractivity contribution in [3.8, 4) is 0 Å². The molecule has 0 amide bonds. The minimum atomic E-state index is -4.41. The van der Waals surface area contributed by atoms with Crippen LogP contribution in [0.4, 0.5) is 13.2 Å². The number of rotatable bonds is 5. The highest BCUT2D eigenvalue weighted by Gasteiger charge is 2.41. The second kappa shape index (κ2) is 9.57. The SMILES string of the molecule is C=C1CCC2(C/C1=C(/N=C(/Cl)C(C)C)NC(C)c1cc(C)cc(C(F)(F)F)c1)OCCO2. The largest absolute Gasteiger partial charge is 0.416 e. The van der Waals surface area contributed by atoms with Crippen molar-refractivity contribution in [1.29, 1.82) is 0 Å². The Kier molecular flexibility index (Phi) is 7.42. The van der Waals surface area contributed by atoms with Crippen LogP contribution in [-0.4, -0.2) is 24.2 Å². The van der Waals surface area contributed by atoms with Crippen molar-refractivity contribution in [2.75, 3.05) is 13.2 Å². The predicted molar refractivity (Wildman–Crippen MR) is 121 cm³/mol. The van der Waals surface area contributed by atoms with Gasteiger partial charge in [-0.05, 0) is 43.5 Å². The van der Waals surface area contributed by atoms with Gasteiger partial charge in [-0.2, -0.15) is 13.2 Å². The third-order valence-electron chi connectivity index (χ3n) is 5.76. The molecule has 1 aliphatic heterocycles. The van der Waals surface area contributed by atoms with E-state index in [4.69, 9.17) is 21.1 Å². The molecule has 3 rings (SSSR count). The summed E-state index contributed by atoms with van der Waals surface area (Å²) in [5.74, 6) is -0.223. The fraction of sp³-hybridized carbons (Fsp3) is 0.542. The van der Waals surface area contributed by atoms with Gasteiger partial charge in [0.05, 0.1) is 18.8 Å². The summed E-state index contributed by atoms with van der Waals surface area (Å²) in [7, 11) is 0. The van der Waals surface area contributed by atoms with Crippen LogP contribution >= 0.6 is 11.6 Å². The van der Waals surface area contributed by atoms with Crippen LogP contribution < -0.4 is 5.32 Å². The molecule has 1 N–H and O–H groups in total. The van der Waals surface area contributed by atoms with Crippen molar-refractivity contribution in [2.24, 2.45) is 10.9 Å². The van der Waals surface area contributed by atoms with Gasteiger partial charge in [-0.1, -0.05) is 43.7 Å². The third-order valence-corrected chi connectivity index (χ3v) is 6.28. The molecule has 8 heteroatoms. The van der Waals surface area contributed by atoms with Gasteiger partial charge >= 0.3 is 6.18 Å². The minimum absolute atomic E-state index is 0.00929. The van der Waals surface area contributed by atoms with Gasteiger partial charge < -0.3 is 14.8 Å². The van der Waals surface area contributed by atoms with Gasteiger partial charge in [-0.25, -0.2) is 4.99 Å². The maximum absolute atomic E-state index is 13.3. The molecule has 2 aliphatic rings. The van der Waals surface area contributed by atoms with E-state index in [1.165, 1.54) is 6.07 Å². The smallest absolute Gasteiger partial charge is 0.363 e. The van der Waals surface area contributed by atoms with Crippen LogP contribution in [0, 0.1) is 12.8 Å². The molecule has 1 aromatic carbocycles. The third kappa shape index (κ3) is 5.74. The summed E-state index contributed by atoms with van der Waals surface area (Å²) in [6, 6.07) is 3.60. The van der Waals surface area contributed by atoms with Crippen LogP contribution in [0.2, 0.25) is 0 Å². The van der Waals surface area contributed by atoms with Gasteiger partial charge in [0.15, 0.2) is 5.79 Å². The van der Waals surface area contributed by atoms with Gasteiger partial charge in [0.2, 0.25) is 0 Å². The van der Waals surface area contributed by atoms with E-state index in [9.17, 15) is 13.2 Å². The van der Waals surface area contributed by atoms with Crippen LogP contribution in [0.1, 0.15) is 62.8 Å². The Hall–Kier alpha value is -1.83. The van der Waals surface area contributed by atoms with Gasteiger partial charge in [0.1, 0.15) is 11.0 Å². The van der Waals surface area contributed by atoms with Gasteiger partial charge in [0, 0.05) is 30.4 Å². The molecule has 1 atom stereocenters. The Morgan fingerprint density at radius 3 is 2.44 bits per heavy atom. The number of aliphatic imine (C=N–C) groups is 1. The first kappa shape index (κ1) is 24.8. The molecule has 32 heavy (non-hydrogen) atoms. The van der Waals surface area contributed by atoms with Crippen molar-refractivity contribution in [3.05, 3.63) is 58.4 Å². The number of allylic oxidation sites excluding steroid dienone is 1. The number of halogens is 4. The molecule has 0 radical (unpaired) electrons. The molecule has 0 bridgehead atoms. The molecule has 1 heterocycles. The molecule has 1 spiro atoms. The zero-order chi connectivity index (χ0) is 23.7. The number of hydrogen-bond acceptors (Lipinski definition) is 4. The fourth-order valence-electron chi connectivity index (χ4n) is 3.91. The molecule has 1 aliphatic carbocycles. The Bertz CT molecular complexity index is 932. The number of nitrogens with zero attached hydrogens (tertiary/aromatic N) is 1. The van der Waals surface area contributed by atoms with E-state index < -0.39 is 23.6 Å². The van der Waals surface area contributed by atoms with E-state index in [1.807, 2.05) is 13.8 Å². The molecule has 1 aromatic rings. The molecular weight excluding hydrogens is 441 g/mol. The summed E-state index contributed by atoms with van der Waals surface area (Å²) in [6.07, 6.45) is -2.59. The summed E-state index contributed by atoms with van der Waals surface area (Å²) in [5, 5.41) is 3.70. The standard InChI is InChI=1S/C24H30ClF3N2O2/c1-14(2)21(25)30-22(20-13-23(7-6-16(20)4)31-8-9-32-23)29-17(5)18-10-15(3)11-19(12-18)24(26,27)28/h10-12,14,17,29H,4,6-9,13H2,1-3,5H3/b22-20-,30-21+. The van der Waals surface area contributed by atoms with Crippen LogP contribution in [0.3, 0.4) is 0 Å². The second-order valence-corrected chi connectivity index (χ2v) is 9.19. The first-order valence-corrected chi connectivity index (χ1v) is 11.2. The van der Waals surface area contributed by atoms with Gasteiger partial charge in [-0.3, -0.25) is 0 Å². The van der Waals surface area contributed by atoms with Gasteiger partial charge in [-0.15, -0.1) is 0 Å². The molecule has 176 valence electrons. The number of aryl methyl sites for hydroxylation is 1. The quantitative estimate of drug-likeness (QED) is 0.490. The normalized spacial score (nSPS) is 21.9. The summed E-state index contributed by atoms with van der Waals surface area (Å²) >= 11 is 6.40. The van der Waals surface area contributed by atoms with E-state index in [1.54, 1.807) is 19.9 Å². The maximum Gasteiger partial charge on any atom is 0.416 e. The van der Waals surface area contributed by atoms with E-state index >= 15 is 0 Å². The highest BCUT2D eigenvalue weighted by molar-refractivity contribution is 6.65. The van der Waals surface area contributed by atoms with Crippen LogP contribution in [0.15, 0.2) is 46.7 Å². The van der Waals surface area contributed by atoms with Crippen LogP contribution in [0.25, 0.3) is 0 Å². The zero-order valence-corrected chi connectivity index (χ0v) is 19.7. The molecule has 1 saturated carbocycles. The Morgan fingerprint density at radius 1 is 1.19 bits per heavy atom. The average Bonchev–Trinajstić information content (AvgIpc) is 3.16. The number of alkyl halides is 3. The number of nitrogens with one attached hydrogen (secondary N) is 1. The Morgan fingerprint density at radius 2 is 1.84 bits per heavy atom. The molecule has 1 saturated heterocycles. The monoisotopic (exact) mass is 470 g/mol. The van der Waals surface area contributed by atoms with Crippen molar-refractivity contribution >= 4 is 16.8 Å². The average molecular weight is 471 g/mol. The summed E-state index contributed by atoms with van der Waals surface area (Å²) in [4.78, 5) is 4.62. The number of hydrogen-bond donors (Lipinski definition) is 1. The molecule has 0 aromatic heterocycles. The zero-order valence-electron chi connectivity index (χ0n) is 18.9. The van der Waals surface area contributed by atoms with Crippen LogP contribution in [0.5, 0.6) is 0 Å². The Balaban J connectivity index is 2.00. The summed E-state index contributed by atoms with van der Waals surface area (Å²) in [5.41, 5.74) is 2.09. The predicted octanol–water partition coefficient (Wildman–Crippen LogP) is 6.65. The van der Waals surface area contributed by atoms with E-state index in [2.05, 4.69) is 16.9 Å². The topological polar surface area (TPSA) is 42.9 Å². The van der Waals surface area contributed by atoms with E-state index in [0.29, 0.717) is 54.6 Å². The van der Waals surface area contributed by atoms with Crippen molar-refractivity contribution < 1.29 is 22.6 Å². The summed E-state index contributed by atoms with van der Waals surface area (Å²) < 4.78 is 51.8. The van der Waals surface area contributed by atoms with Gasteiger partial charge in [0.25, 0.3) is 0 Å². The summed E-state index contributed by atoms with van der Waals surface area (Å²) in [6.45, 7) is 12.6. The highest BCUT2D eigenvalue weighted by atomic mass is 35.5. The Labute approximate surface area is 192 Å². The number of ether oxygens (including phenoxy) is 2. The van der Waals surface area contributed by atoms with E-state index in [0.717, 1.165) is 17.2 Å².